The summed E-state index contributed by atoms with van der Waals surface area (Å²) in [6.07, 6.45) is 1.71. The number of benzene rings is 3. The van der Waals surface area contributed by atoms with E-state index in [0.717, 1.165) is 42.9 Å². The van der Waals surface area contributed by atoms with Crippen LogP contribution in [0.3, 0.4) is 0 Å². The van der Waals surface area contributed by atoms with Gasteiger partial charge >= 0.3 is 0 Å². The number of Topliss-reactive ketones (excluding diaryl/α,β-unsaturated/α-hetero) is 1. The van der Waals surface area contributed by atoms with Crippen molar-refractivity contribution in [2.24, 2.45) is 0 Å². The normalized spacial score (nSPS) is 18.2. The molecule has 1 unspecified atom stereocenters. The monoisotopic (exact) mass is 512 g/mol. The van der Waals surface area contributed by atoms with E-state index in [2.05, 4.69) is 18.7 Å². The average molecular weight is 513 g/mol. The third-order valence-corrected chi connectivity index (χ3v) is 7.31. The van der Waals surface area contributed by atoms with Crippen LogP contribution in [0.4, 0.5) is 11.4 Å². The molecule has 1 atom stereocenters. The zero-order chi connectivity index (χ0) is 26.8. The highest BCUT2D eigenvalue weighted by Gasteiger charge is 2.47. The Balaban J connectivity index is 1.63. The van der Waals surface area contributed by atoms with Gasteiger partial charge < -0.3 is 19.5 Å². The van der Waals surface area contributed by atoms with E-state index in [1.165, 1.54) is 4.90 Å². The lowest BCUT2D eigenvalue weighted by Gasteiger charge is -2.27. The van der Waals surface area contributed by atoms with E-state index < -0.39 is 17.7 Å². The number of aliphatic hydroxyl groups excluding tert-OH is 1. The van der Waals surface area contributed by atoms with Gasteiger partial charge in [-0.25, -0.2) is 0 Å². The van der Waals surface area contributed by atoms with Crippen LogP contribution < -0.4 is 19.3 Å². The minimum absolute atomic E-state index is 0.0599. The number of amides is 1. The molecule has 0 aromatic heterocycles. The molecule has 2 heterocycles. The summed E-state index contributed by atoms with van der Waals surface area (Å²) in [6.45, 7) is 6.56. The molecular weight excluding hydrogens is 480 g/mol. The van der Waals surface area contributed by atoms with Gasteiger partial charge in [-0.05, 0) is 92.4 Å². The first-order valence-electron chi connectivity index (χ1n) is 13.0. The Labute approximate surface area is 222 Å². The van der Waals surface area contributed by atoms with Crippen molar-refractivity contribution in [1.82, 2.24) is 0 Å². The molecule has 7 nitrogen and oxygen atoms in total. The van der Waals surface area contributed by atoms with Gasteiger partial charge in [0.1, 0.15) is 17.3 Å². The molecule has 7 heteroatoms. The number of hydrogen-bond acceptors (Lipinski definition) is 6. The maximum Gasteiger partial charge on any atom is 0.300 e. The van der Waals surface area contributed by atoms with Crippen LogP contribution in [0.5, 0.6) is 11.5 Å². The first-order chi connectivity index (χ1) is 18.5. The van der Waals surface area contributed by atoms with Gasteiger partial charge in [-0.1, -0.05) is 12.1 Å². The van der Waals surface area contributed by atoms with E-state index in [4.69, 9.17) is 9.47 Å². The third kappa shape index (κ3) is 4.49. The number of carbonyl (C=O) groups excluding carboxylic acids is 2. The molecule has 196 valence electrons. The topological polar surface area (TPSA) is 79.3 Å². The number of rotatable bonds is 7. The number of hydrogen-bond donors (Lipinski definition) is 1. The predicted molar refractivity (Wildman–Crippen MR) is 148 cm³/mol. The Morgan fingerprint density at radius 3 is 2.39 bits per heavy atom. The molecule has 1 fully saturated rings. The van der Waals surface area contributed by atoms with Crippen molar-refractivity contribution in [2.75, 3.05) is 36.6 Å². The number of aryl methyl sites for hydroxylation is 1. The Kier molecular flexibility index (Phi) is 7.09. The zero-order valence-electron chi connectivity index (χ0n) is 21.9. The smallest absolute Gasteiger partial charge is 0.300 e. The van der Waals surface area contributed by atoms with Crippen molar-refractivity contribution in [3.63, 3.8) is 0 Å². The van der Waals surface area contributed by atoms with E-state index in [1.807, 2.05) is 48.5 Å². The molecule has 0 saturated carbocycles. The third-order valence-electron chi connectivity index (χ3n) is 7.31. The maximum atomic E-state index is 13.5. The summed E-state index contributed by atoms with van der Waals surface area (Å²) in [5.74, 6) is -0.147. The Bertz CT molecular complexity index is 1370. The van der Waals surface area contributed by atoms with Gasteiger partial charge in [0.05, 0.1) is 25.3 Å². The summed E-state index contributed by atoms with van der Waals surface area (Å²) in [5, 5.41) is 11.5. The molecule has 3 aromatic rings. The Hall–Kier alpha value is -4.26. The van der Waals surface area contributed by atoms with Crippen LogP contribution in [0, 0.1) is 0 Å². The lowest BCUT2D eigenvalue weighted by atomic mass is 9.93. The molecule has 2 aliphatic heterocycles. The zero-order valence-corrected chi connectivity index (χ0v) is 21.9. The van der Waals surface area contributed by atoms with Gasteiger partial charge in [0.25, 0.3) is 11.7 Å². The van der Waals surface area contributed by atoms with Crippen LogP contribution in [0.25, 0.3) is 5.76 Å². The standard InChI is InChI=1S/C31H32N2O5/c1-4-32(5-2)23-11-13-24(14-12-23)33-28(20-8-15-25(37-3)16-9-20)27(30(35)31(33)36)29(34)22-10-17-26-21(19-22)7-6-18-38-26/h8-17,19,28,34H,4-7,18H2,1-3H3/b29-27-. The number of fused-ring (bicyclic) bond motifs is 1. The van der Waals surface area contributed by atoms with E-state index in [-0.39, 0.29) is 11.3 Å². The minimum atomic E-state index is -0.799. The lowest BCUT2D eigenvalue weighted by Crippen LogP contribution is -2.29. The van der Waals surface area contributed by atoms with Crippen molar-refractivity contribution < 1.29 is 24.2 Å². The highest BCUT2D eigenvalue weighted by molar-refractivity contribution is 6.51. The van der Waals surface area contributed by atoms with Crippen LogP contribution in [-0.4, -0.2) is 43.6 Å². The molecule has 0 bridgehead atoms. The number of nitrogens with zero attached hydrogens (tertiary/aromatic N) is 2. The summed E-state index contributed by atoms with van der Waals surface area (Å²) < 4.78 is 11.0. The summed E-state index contributed by atoms with van der Waals surface area (Å²) in [7, 11) is 1.58. The highest BCUT2D eigenvalue weighted by Crippen LogP contribution is 2.43. The summed E-state index contributed by atoms with van der Waals surface area (Å²) in [5.41, 5.74) is 3.84. The summed E-state index contributed by atoms with van der Waals surface area (Å²) >= 11 is 0. The molecule has 1 amide bonds. The van der Waals surface area contributed by atoms with Crippen molar-refractivity contribution in [3.05, 3.63) is 89.0 Å². The molecule has 0 aliphatic carbocycles. The molecule has 1 saturated heterocycles. The quantitative estimate of drug-likeness (QED) is 0.256. The first-order valence-corrected chi connectivity index (χ1v) is 13.0. The van der Waals surface area contributed by atoms with Crippen LogP contribution in [0.15, 0.2) is 72.3 Å². The molecule has 0 spiro atoms. The number of anilines is 2. The average Bonchev–Trinajstić information content (AvgIpc) is 3.23. The second-order valence-corrected chi connectivity index (χ2v) is 9.41. The summed E-state index contributed by atoms with van der Waals surface area (Å²) in [6, 6.07) is 19.4. The second-order valence-electron chi connectivity index (χ2n) is 9.41. The summed E-state index contributed by atoms with van der Waals surface area (Å²) in [4.78, 5) is 30.7. The van der Waals surface area contributed by atoms with Crippen LogP contribution >= 0.6 is 0 Å². The van der Waals surface area contributed by atoms with Gasteiger partial charge in [0.2, 0.25) is 0 Å². The molecule has 5 rings (SSSR count). The van der Waals surface area contributed by atoms with Crippen molar-refractivity contribution in [1.29, 1.82) is 0 Å². The number of carbonyl (C=O) groups is 2. The van der Waals surface area contributed by atoms with Crippen LogP contribution in [-0.2, 0) is 16.0 Å². The fourth-order valence-corrected chi connectivity index (χ4v) is 5.28. The Morgan fingerprint density at radius 1 is 1.03 bits per heavy atom. The molecule has 2 aliphatic rings. The predicted octanol–water partition coefficient (Wildman–Crippen LogP) is 5.49. The van der Waals surface area contributed by atoms with Crippen LogP contribution in [0.1, 0.15) is 43.0 Å². The van der Waals surface area contributed by atoms with E-state index in [9.17, 15) is 14.7 Å². The van der Waals surface area contributed by atoms with E-state index in [1.54, 1.807) is 25.3 Å². The fraction of sp³-hybridized carbons (Fsp3) is 0.290. The molecule has 38 heavy (non-hydrogen) atoms. The number of methoxy groups -OCH3 is 1. The number of aliphatic hydroxyl groups is 1. The second kappa shape index (κ2) is 10.6. The molecule has 1 N–H and O–H groups in total. The van der Waals surface area contributed by atoms with Crippen LogP contribution in [0.2, 0.25) is 0 Å². The van der Waals surface area contributed by atoms with E-state index >= 15 is 0 Å². The van der Waals surface area contributed by atoms with Gasteiger partial charge in [-0.2, -0.15) is 0 Å². The molecule has 3 aromatic carbocycles. The largest absolute Gasteiger partial charge is 0.507 e. The highest BCUT2D eigenvalue weighted by atomic mass is 16.5. The minimum Gasteiger partial charge on any atom is -0.507 e. The van der Waals surface area contributed by atoms with Gasteiger partial charge in [-0.3, -0.25) is 14.5 Å². The van der Waals surface area contributed by atoms with E-state index in [0.29, 0.717) is 29.2 Å². The Morgan fingerprint density at radius 2 is 1.74 bits per heavy atom. The van der Waals surface area contributed by atoms with Crippen molar-refractivity contribution in [3.8, 4) is 11.5 Å². The SMILES string of the molecule is CCN(CC)c1ccc(N2C(=O)C(=O)/C(=C(\O)c3ccc4c(c3)CCCO4)C2c2ccc(OC)cc2)cc1. The van der Waals surface area contributed by atoms with Gasteiger partial charge in [0, 0.05) is 30.0 Å². The number of ketones is 1. The first kappa shape index (κ1) is 25.4. The maximum absolute atomic E-state index is 13.5. The lowest BCUT2D eigenvalue weighted by molar-refractivity contribution is -0.132. The van der Waals surface area contributed by atoms with Crippen molar-refractivity contribution in [2.45, 2.75) is 32.7 Å². The van der Waals surface area contributed by atoms with Gasteiger partial charge in [-0.15, -0.1) is 0 Å². The molecule has 0 radical (unpaired) electrons. The number of ether oxygens (including phenoxy) is 2. The molecular formula is C31H32N2O5. The van der Waals surface area contributed by atoms with Gasteiger partial charge in [0.15, 0.2) is 0 Å². The van der Waals surface area contributed by atoms with Crippen molar-refractivity contribution >= 4 is 28.8 Å². The fourth-order valence-electron chi connectivity index (χ4n) is 5.28.